The van der Waals surface area contributed by atoms with E-state index in [1.807, 2.05) is 12.1 Å². The molecule has 1 heterocycles. The number of urea groups is 1. The first-order chi connectivity index (χ1) is 14.0. The lowest BCUT2D eigenvalue weighted by molar-refractivity contribution is 0.202. The second-order valence-electron chi connectivity index (χ2n) is 8.76. The third kappa shape index (κ3) is 4.73. The van der Waals surface area contributed by atoms with Crippen LogP contribution in [0, 0.1) is 5.92 Å². The quantitative estimate of drug-likeness (QED) is 0.731. The molecular formula is C24H31N3O2. The van der Waals surface area contributed by atoms with Gasteiger partial charge in [0.15, 0.2) is 0 Å². The van der Waals surface area contributed by atoms with Crippen LogP contribution in [-0.4, -0.2) is 41.7 Å². The van der Waals surface area contributed by atoms with Gasteiger partial charge in [-0.05, 0) is 80.0 Å². The summed E-state index contributed by atoms with van der Waals surface area (Å²) in [6.07, 6.45) is 4.11. The van der Waals surface area contributed by atoms with E-state index in [2.05, 4.69) is 53.8 Å². The molecule has 1 aliphatic heterocycles. The zero-order valence-electron chi connectivity index (χ0n) is 17.3. The SMILES string of the molecule is C[C@H](CC1Cc2ccccc2C1)NC(=O)NC[C@@H]1Cc2ccc(O)cc2CN1C. The summed E-state index contributed by atoms with van der Waals surface area (Å²) in [6.45, 7) is 3.50. The monoisotopic (exact) mass is 393 g/mol. The van der Waals surface area contributed by atoms with Crippen molar-refractivity contribution in [2.24, 2.45) is 5.92 Å². The summed E-state index contributed by atoms with van der Waals surface area (Å²) in [4.78, 5) is 14.6. The van der Waals surface area contributed by atoms with Crippen molar-refractivity contribution in [3.8, 4) is 5.75 Å². The van der Waals surface area contributed by atoms with Crippen molar-refractivity contribution >= 4 is 6.03 Å². The van der Waals surface area contributed by atoms with Crippen molar-refractivity contribution in [2.45, 2.75) is 51.2 Å². The Morgan fingerprint density at radius 1 is 1.10 bits per heavy atom. The number of rotatable bonds is 5. The molecule has 2 amide bonds. The molecule has 5 nitrogen and oxygen atoms in total. The predicted molar refractivity (Wildman–Crippen MR) is 115 cm³/mol. The molecule has 2 aromatic carbocycles. The number of phenolic OH excluding ortho intramolecular Hbond substituents is 1. The Morgan fingerprint density at radius 3 is 2.52 bits per heavy atom. The minimum atomic E-state index is -0.0853. The smallest absolute Gasteiger partial charge is 0.315 e. The van der Waals surface area contributed by atoms with Crippen LogP contribution in [0.25, 0.3) is 0 Å². The second-order valence-corrected chi connectivity index (χ2v) is 8.76. The minimum Gasteiger partial charge on any atom is -0.508 e. The van der Waals surface area contributed by atoms with Crippen molar-refractivity contribution in [3.05, 3.63) is 64.7 Å². The van der Waals surface area contributed by atoms with Gasteiger partial charge in [0, 0.05) is 25.2 Å². The number of phenols is 1. The number of hydrogen-bond acceptors (Lipinski definition) is 3. The number of carbonyl (C=O) groups is 1. The highest BCUT2D eigenvalue weighted by Gasteiger charge is 2.25. The number of nitrogens with zero attached hydrogens (tertiary/aromatic N) is 1. The lowest BCUT2D eigenvalue weighted by Gasteiger charge is -2.34. The van der Waals surface area contributed by atoms with Crippen LogP contribution < -0.4 is 10.6 Å². The molecule has 0 saturated carbocycles. The Balaban J connectivity index is 1.22. The summed E-state index contributed by atoms with van der Waals surface area (Å²) in [5.41, 5.74) is 5.34. The van der Waals surface area contributed by atoms with Crippen LogP contribution in [0.15, 0.2) is 42.5 Å². The van der Waals surface area contributed by atoms with Gasteiger partial charge >= 0.3 is 6.03 Å². The molecule has 0 bridgehead atoms. The summed E-state index contributed by atoms with van der Waals surface area (Å²) in [5, 5.41) is 15.8. The molecule has 0 saturated heterocycles. The molecule has 0 aromatic heterocycles. The van der Waals surface area contributed by atoms with Gasteiger partial charge in [-0.15, -0.1) is 0 Å². The van der Waals surface area contributed by atoms with E-state index in [4.69, 9.17) is 0 Å². The molecule has 3 N–H and O–H groups in total. The van der Waals surface area contributed by atoms with Crippen LogP contribution in [0.3, 0.4) is 0 Å². The standard InChI is InChI=1S/C24H31N3O2/c1-16(9-17-10-18-5-3-4-6-19(18)11-17)26-24(29)25-14-22-12-20-7-8-23(28)13-21(20)15-27(22)2/h3-8,13,16-17,22,28H,9-12,14-15H2,1-2H3,(H2,25,26,29)/t16-,22+/m1/s1. The average Bonchev–Trinajstić information content (AvgIpc) is 3.08. The number of benzene rings is 2. The fraction of sp³-hybridized carbons (Fsp3) is 0.458. The third-order valence-electron chi connectivity index (χ3n) is 6.39. The highest BCUT2D eigenvalue weighted by atomic mass is 16.3. The Morgan fingerprint density at radius 2 is 1.79 bits per heavy atom. The first kappa shape index (κ1) is 19.8. The summed E-state index contributed by atoms with van der Waals surface area (Å²) >= 11 is 0. The zero-order valence-corrected chi connectivity index (χ0v) is 17.3. The highest BCUT2D eigenvalue weighted by molar-refractivity contribution is 5.74. The van der Waals surface area contributed by atoms with Crippen LogP contribution in [-0.2, 0) is 25.8 Å². The maximum atomic E-state index is 12.4. The fourth-order valence-corrected chi connectivity index (χ4v) is 4.86. The molecule has 5 heteroatoms. The van der Waals surface area contributed by atoms with Crippen molar-refractivity contribution in [3.63, 3.8) is 0 Å². The highest BCUT2D eigenvalue weighted by Crippen LogP contribution is 2.29. The Labute approximate surface area is 173 Å². The van der Waals surface area contributed by atoms with Gasteiger partial charge in [0.1, 0.15) is 5.75 Å². The number of carbonyl (C=O) groups excluding carboxylic acids is 1. The Hall–Kier alpha value is -2.53. The van der Waals surface area contributed by atoms with Crippen molar-refractivity contribution in [2.75, 3.05) is 13.6 Å². The van der Waals surface area contributed by atoms with Crippen LogP contribution in [0.1, 0.15) is 35.6 Å². The Bertz CT molecular complexity index is 857. The molecule has 2 atom stereocenters. The van der Waals surface area contributed by atoms with Gasteiger partial charge < -0.3 is 15.7 Å². The van der Waals surface area contributed by atoms with Gasteiger partial charge in [0.25, 0.3) is 0 Å². The summed E-state index contributed by atoms with van der Waals surface area (Å²) < 4.78 is 0. The Kier molecular flexibility index (Phi) is 5.76. The normalized spacial score (nSPS) is 20.0. The number of fused-ring (bicyclic) bond motifs is 2. The van der Waals surface area contributed by atoms with E-state index in [9.17, 15) is 9.90 Å². The van der Waals surface area contributed by atoms with Crippen molar-refractivity contribution in [1.82, 2.24) is 15.5 Å². The second kappa shape index (κ2) is 8.46. The molecule has 0 fully saturated rings. The first-order valence-electron chi connectivity index (χ1n) is 10.6. The summed E-state index contributed by atoms with van der Waals surface area (Å²) in [7, 11) is 2.07. The lowest BCUT2D eigenvalue weighted by atomic mass is 9.94. The van der Waals surface area contributed by atoms with Gasteiger partial charge in [0.2, 0.25) is 0 Å². The molecule has 0 spiro atoms. The number of nitrogens with one attached hydrogen (secondary N) is 2. The van der Waals surface area contributed by atoms with E-state index in [0.29, 0.717) is 18.2 Å². The molecular weight excluding hydrogens is 362 g/mol. The maximum Gasteiger partial charge on any atom is 0.315 e. The van der Waals surface area contributed by atoms with Gasteiger partial charge in [-0.3, -0.25) is 4.90 Å². The topological polar surface area (TPSA) is 64.6 Å². The summed E-state index contributed by atoms with van der Waals surface area (Å²) in [6, 6.07) is 14.6. The van der Waals surface area contributed by atoms with Crippen LogP contribution >= 0.6 is 0 Å². The molecule has 2 aromatic rings. The van der Waals surface area contributed by atoms with Gasteiger partial charge in [-0.1, -0.05) is 30.3 Å². The van der Waals surface area contributed by atoms with Crippen LogP contribution in [0.2, 0.25) is 0 Å². The number of aromatic hydroxyl groups is 1. The number of likely N-dealkylation sites (N-methyl/N-ethyl adjacent to an activating group) is 1. The molecule has 0 unspecified atom stereocenters. The van der Waals surface area contributed by atoms with E-state index in [-0.39, 0.29) is 18.1 Å². The van der Waals surface area contributed by atoms with E-state index >= 15 is 0 Å². The largest absolute Gasteiger partial charge is 0.508 e. The molecule has 154 valence electrons. The number of hydrogen-bond donors (Lipinski definition) is 3. The fourth-order valence-electron chi connectivity index (χ4n) is 4.86. The number of amides is 2. The van der Waals surface area contributed by atoms with E-state index in [1.165, 1.54) is 22.3 Å². The molecule has 29 heavy (non-hydrogen) atoms. The molecule has 4 rings (SSSR count). The third-order valence-corrected chi connectivity index (χ3v) is 6.39. The minimum absolute atomic E-state index is 0.0853. The first-order valence-corrected chi connectivity index (χ1v) is 10.6. The summed E-state index contributed by atoms with van der Waals surface area (Å²) in [5.74, 6) is 0.924. The predicted octanol–water partition coefficient (Wildman–Crippen LogP) is 3.24. The average molecular weight is 394 g/mol. The van der Waals surface area contributed by atoms with Crippen LogP contribution in [0.5, 0.6) is 5.75 Å². The molecule has 0 radical (unpaired) electrons. The van der Waals surface area contributed by atoms with E-state index < -0.39 is 0 Å². The van der Waals surface area contributed by atoms with Gasteiger partial charge in [0.05, 0.1) is 0 Å². The lowest BCUT2D eigenvalue weighted by Crippen LogP contribution is -2.49. The van der Waals surface area contributed by atoms with E-state index in [0.717, 1.165) is 32.2 Å². The maximum absolute atomic E-state index is 12.4. The van der Waals surface area contributed by atoms with Gasteiger partial charge in [-0.25, -0.2) is 4.79 Å². The van der Waals surface area contributed by atoms with E-state index in [1.54, 1.807) is 6.07 Å². The van der Waals surface area contributed by atoms with Crippen molar-refractivity contribution in [1.29, 1.82) is 0 Å². The molecule has 2 aliphatic rings. The zero-order chi connectivity index (χ0) is 20.4. The van der Waals surface area contributed by atoms with Crippen LogP contribution in [0.4, 0.5) is 4.79 Å². The van der Waals surface area contributed by atoms with Crippen molar-refractivity contribution < 1.29 is 9.90 Å². The molecule has 1 aliphatic carbocycles. The van der Waals surface area contributed by atoms with Gasteiger partial charge in [-0.2, -0.15) is 0 Å².